The molecule has 2 rings (SSSR count). The van der Waals surface area contributed by atoms with Gasteiger partial charge in [-0.3, -0.25) is 9.69 Å². The molecule has 2 heterocycles. The number of nitrogens with zero attached hydrogens (tertiary/aromatic N) is 3. The van der Waals surface area contributed by atoms with Gasteiger partial charge in [-0.2, -0.15) is 13.2 Å². The van der Waals surface area contributed by atoms with Crippen LogP contribution in [0.1, 0.15) is 0 Å². The normalized spacial score (nSPS) is 20.5. The lowest BCUT2D eigenvalue weighted by Gasteiger charge is -2.35. The first-order valence-corrected chi connectivity index (χ1v) is 7.52. The van der Waals surface area contributed by atoms with Gasteiger partial charge in [0.05, 0.1) is 26.3 Å². The summed E-state index contributed by atoms with van der Waals surface area (Å²) in [7, 11) is 0. The van der Waals surface area contributed by atoms with Crippen molar-refractivity contribution in [2.75, 3.05) is 65.6 Å². The molecule has 2 aliphatic rings. The highest BCUT2D eigenvalue weighted by atomic mass is 19.4. The maximum atomic E-state index is 12.3. The number of hydrogen-bond acceptors (Lipinski definition) is 4. The Morgan fingerprint density at radius 2 is 1.57 bits per heavy atom. The van der Waals surface area contributed by atoms with E-state index in [1.807, 2.05) is 0 Å². The molecule has 0 spiro atoms. The fraction of sp³-hybridized carbons (Fsp3) is 0.846. The van der Waals surface area contributed by atoms with E-state index < -0.39 is 18.8 Å². The van der Waals surface area contributed by atoms with Crippen LogP contribution in [0.3, 0.4) is 0 Å². The van der Waals surface area contributed by atoms with Crippen molar-refractivity contribution < 1.29 is 27.5 Å². The first kappa shape index (κ1) is 17.8. The predicted octanol–water partition coefficient (Wildman–Crippen LogP) is -0.265. The fourth-order valence-electron chi connectivity index (χ4n) is 2.55. The fourth-order valence-corrected chi connectivity index (χ4v) is 2.55. The SMILES string of the molecule is O=C(CNC(=O)N1CCN(CC(F)(F)F)CC1)N1CCOCC1. The Balaban J connectivity index is 1.67. The molecule has 0 aromatic heterocycles. The van der Waals surface area contributed by atoms with Crippen molar-refractivity contribution in [1.29, 1.82) is 0 Å². The van der Waals surface area contributed by atoms with Crippen molar-refractivity contribution in [3.8, 4) is 0 Å². The average Bonchev–Trinajstić information content (AvgIpc) is 2.52. The number of urea groups is 1. The Bertz CT molecular complexity index is 419. The maximum absolute atomic E-state index is 12.3. The molecule has 1 N–H and O–H groups in total. The van der Waals surface area contributed by atoms with Gasteiger partial charge in [0.25, 0.3) is 0 Å². The zero-order chi connectivity index (χ0) is 16.9. The number of ether oxygens (including phenoxy) is 1. The largest absolute Gasteiger partial charge is 0.401 e. The molecule has 2 saturated heterocycles. The smallest absolute Gasteiger partial charge is 0.378 e. The van der Waals surface area contributed by atoms with E-state index in [1.54, 1.807) is 4.90 Å². The lowest BCUT2D eigenvalue weighted by molar-refractivity contribution is -0.148. The molecule has 0 radical (unpaired) electrons. The molecule has 0 aliphatic carbocycles. The van der Waals surface area contributed by atoms with Gasteiger partial charge in [-0.15, -0.1) is 0 Å². The second kappa shape index (κ2) is 7.82. The summed E-state index contributed by atoms with van der Waals surface area (Å²) in [4.78, 5) is 28.2. The van der Waals surface area contributed by atoms with E-state index in [4.69, 9.17) is 4.74 Å². The van der Waals surface area contributed by atoms with E-state index in [1.165, 1.54) is 9.80 Å². The van der Waals surface area contributed by atoms with Gasteiger partial charge in [-0.25, -0.2) is 4.79 Å². The number of carbonyl (C=O) groups is 2. The number of nitrogens with one attached hydrogen (secondary N) is 1. The summed E-state index contributed by atoms with van der Waals surface area (Å²) in [5.41, 5.74) is 0. The van der Waals surface area contributed by atoms with Crippen LogP contribution < -0.4 is 5.32 Å². The third-order valence-corrected chi connectivity index (χ3v) is 3.82. The molecule has 2 fully saturated rings. The van der Waals surface area contributed by atoms with Crippen LogP contribution in [0.4, 0.5) is 18.0 Å². The second-order valence-electron chi connectivity index (χ2n) is 5.53. The van der Waals surface area contributed by atoms with E-state index in [0.717, 1.165) is 0 Å². The first-order valence-electron chi connectivity index (χ1n) is 7.52. The van der Waals surface area contributed by atoms with Crippen LogP contribution in [-0.4, -0.2) is 98.4 Å². The summed E-state index contributed by atoms with van der Waals surface area (Å²) in [6.07, 6.45) is -4.23. The summed E-state index contributed by atoms with van der Waals surface area (Å²) in [5, 5.41) is 2.53. The third-order valence-electron chi connectivity index (χ3n) is 3.82. The number of piperazine rings is 1. The molecule has 3 amide bonds. The lowest BCUT2D eigenvalue weighted by Crippen LogP contribution is -2.54. The molecular weight excluding hydrogens is 317 g/mol. The maximum Gasteiger partial charge on any atom is 0.401 e. The first-order chi connectivity index (χ1) is 10.8. The Labute approximate surface area is 132 Å². The van der Waals surface area contributed by atoms with Gasteiger partial charge < -0.3 is 19.9 Å². The van der Waals surface area contributed by atoms with Gasteiger partial charge in [0.15, 0.2) is 0 Å². The molecule has 0 unspecified atom stereocenters. The third kappa shape index (κ3) is 5.87. The van der Waals surface area contributed by atoms with Crippen molar-refractivity contribution in [3.05, 3.63) is 0 Å². The van der Waals surface area contributed by atoms with E-state index in [2.05, 4.69) is 5.32 Å². The van der Waals surface area contributed by atoms with E-state index in [-0.39, 0.29) is 38.6 Å². The van der Waals surface area contributed by atoms with Gasteiger partial charge >= 0.3 is 12.2 Å². The molecular formula is C13H21F3N4O3. The Kier molecular flexibility index (Phi) is 6.05. The van der Waals surface area contributed by atoms with Crippen molar-refractivity contribution >= 4 is 11.9 Å². The van der Waals surface area contributed by atoms with Crippen LogP contribution in [-0.2, 0) is 9.53 Å². The molecule has 0 atom stereocenters. The quantitative estimate of drug-likeness (QED) is 0.770. The molecule has 2 aliphatic heterocycles. The molecule has 0 bridgehead atoms. The molecule has 0 aromatic rings. The van der Waals surface area contributed by atoms with E-state index >= 15 is 0 Å². The highest BCUT2D eigenvalue weighted by Crippen LogP contribution is 2.17. The zero-order valence-corrected chi connectivity index (χ0v) is 12.8. The number of hydrogen-bond donors (Lipinski definition) is 1. The highest BCUT2D eigenvalue weighted by Gasteiger charge is 2.32. The lowest BCUT2D eigenvalue weighted by atomic mass is 10.3. The van der Waals surface area contributed by atoms with Crippen molar-refractivity contribution in [3.63, 3.8) is 0 Å². The minimum Gasteiger partial charge on any atom is -0.378 e. The Morgan fingerprint density at radius 3 is 2.13 bits per heavy atom. The molecule has 0 aromatic carbocycles. The van der Waals surface area contributed by atoms with E-state index in [9.17, 15) is 22.8 Å². The average molecular weight is 338 g/mol. The minimum atomic E-state index is -4.23. The Hall–Kier alpha value is -1.55. The van der Waals surface area contributed by atoms with E-state index in [0.29, 0.717) is 26.3 Å². The van der Waals surface area contributed by atoms with Crippen molar-refractivity contribution in [2.45, 2.75) is 6.18 Å². The summed E-state index contributed by atoms with van der Waals surface area (Å²) in [5.74, 6) is -0.183. The zero-order valence-electron chi connectivity index (χ0n) is 12.8. The van der Waals surface area contributed by atoms with Gasteiger partial charge in [-0.05, 0) is 0 Å². The van der Waals surface area contributed by atoms with Crippen molar-refractivity contribution in [1.82, 2.24) is 20.0 Å². The number of carbonyl (C=O) groups excluding carboxylic acids is 2. The van der Waals surface area contributed by atoms with Crippen molar-refractivity contribution in [2.24, 2.45) is 0 Å². The molecule has 10 heteroatoms. The minimum absolute atomic E-state index is 0.110. The molecule has 132 valence electrons. The van der Waals surface area contributed by atoms with Crippen LogP contribution in [0.25, 0.3) is 0 Å². The van der Waals surface area contributed by atoms with Crippen LogP contribution in [0.15, 0.2) is 0 Å². The highest BCUT2D eigenvalue weighted by molar-refractivity contribution is 5.84. The second-order valence-corrected chi connectivity index (χ2v) is 5.53. The number of morpholine rings is 1. The summed E-state index contributed by atoms with van der Waals surface area (Å²) >= 11 is 0. The molecule has 23 heavy (non-hydrogen) atoms. The van der Waals surface area contributed by atoms with Crippen LogP contribution in [0.2, 0.25) is 0 Å². The standard InChI is InChI=1S/C13H21F3N4O3/c14-13(15,16)10-18-1-3-20(4-2-18)12(22)17-9-11(21)19-5-7-23-8-6-19/h1-10H2,(H,17,22). The molecule has 0 saturated carbocycles. The topological polar surface area (TPSA) is 65.1 Å². The predicted molar refractivity (Wildman–Crippen MR) is 74.9 cm³/mol. The number of rotatable bonds is 3. The molecule has 7 nitrogen and oxygen atoms in total. The van der Waals surface area contributed by atoms with Crippen LogP contribution >= 0.6 is 0 Å². The number of alkyl halides is 3. The van der Waals surface area contributed by atoms with Crippen LogP contribution in [0.5, 0.6) is 0 Å². The summed E-state index contributed by atoms with van der Waals surface area (Å²) < 4.78 is 42.0. The van der Waals surface area contributed by atoms with Gasteiger partial charge in [0.1, 0.15) is 0 Å². The van der Waals surface area contributed by atoms with Crippen LogP contribution in [0, 0.1) is 0 Å². The summed E-state index contributed by atoms with van der Waals surface area (Å²) in [6, 6.07) is -0.418. The summed E-state index contributed by atoms with van der Waals surface area (Å²) in [6.45, 7) is 1.69. The van der Waals surface area contributed by atoms with Gasteiger partial charge in [0, 0.05) is 39.3 Å². The van der Waals surface area contributed by atoms with Gasteiger partial charge in [-0.1, -0.05) is 0 Å². The van der Waals surface area contributed by atoms with Gasteiger partial charge in [0.2, 0.25) is 5.91 Å². The number of halogens is 3. The monoisotopic (exact) mass is 338 g/mol. The Morgan fingerprint density at radius 1 is 0.957 bits per heavy atom. The number of amides is 3.